The van der Waals surface area contributed by atoms with Crippen LogP contribution in [0.15, 0.2) is 29.6 Å². The van der Waals surface area contributed by atoms with Gasteiger partial charge >= 0.3 is 0 Å². The van der Waals surface area contributed by atoms with Crippen molar-refractivity contribution in [2.24, 2.45) is 5.73 Å². The molecule has 1 aromatic carbocycles. The third-order valence-corrected chi connectivity index (χ3v) is 2.81. The van der Waals surface area contributed by atoms with E-state index in [-0.39, 0.29) is 0 Å². The number of thiophene rings is 1. The number of nitrogens with two attached hydrogens (primary N) is 1. The van der Waals surface area contributed by atoms with Crippen LogP contribution in [-0.4, -0.2) is 5.11 Å². The third-order valence-electron chi connectivity index (χ3n) is 1.83. The van der Waals surface area contributed by atoms with Crippen LogP contribution in [0.4, 0.5) is 0 Å². The summed E-state index contributed by atoms with van der Waals surface area (Å²) in [6.45, 7) is 0. The summed E-state index contributed by atoms with van der Waals surface area (Å²) in [5, 5.41) is 12.1. The maximum Gasteiger partial charge on any atom is 0.130 e. The lowest BCUT2D eigenvalue weighted by Crippen LogP contribution is -2.07. The highest BCUT2D eigenvalue weighted by Gasteiger charge is 2.07. The normalized spacial score (nSPS) is 13.5. The number of hydrogen-bond donors (Lipinski definition) is 2. The van der Waals surface area contributed by atoms with Crippen LogP contribution in [-0.2, 0) is 0 Å². The van der Waals surface area contributed by atoms with Crippen molar-refractivity contribution < 1.29 is 5.11 Å². The van der Waals surface area contributed by atoms with E-state index >= 15 is 0 Å². The van der Waals surface area contributed by atoms with Gasteiger partial charge in [-0.3, -0.25) is 0 Å². The maximum absolute atomic E-state index is 9.20. The molecule has 0 saturated heterocycles. The van der Waals surface area contributed by atoms with Crippen molar-refractivity contribution in [1.82, 2.24) is 0 Å². The fraction of sp³-hybridized carbons (Fsp3) is 0.111. The Morgan fingerprint density at radius 3 is 2.83 bits per heavy atom. The van der Waals surface area contributed by atoms with Crippen molar-refractivity contribution in [3.05, 3.63) is 35.2 Å². The summed E-state index contributed by atoms with van der Waals surface area (Å²) in [4.78, 5) is 0. The molecule has 2 aromatic rings. The molecular weight excluding hydrogens is 170 g/mol. The van der Waals surface area contributed by atoms with Crippen LogP contribution >= 0.6 is 11.3 Å². The summed E-state index contributed by atoms with van der Waals surface area (Å²) in [5.41, 5.74) is 6.20. The molecule has 12 heavy (non-hydrogen) atoms. The van der Waals surface area contributed by atoms with E-state index in [2.05, 4.69) is 0 Å². The minimum atomic E-state index is -0.860. The Balaban J connectivity index is 2.70. The van der Waals surface area contributed by atoms with E-state index in [1.807, 2.05) is 29.6 Å². The first-order chi connectivity index (χ1) is 5.79. The molecule has 1 heterocycles. The molecule has 0 fully saturated rings. The van der Waals surface area contributed by atoms with Gasteiger partial charge < -0.3 is 10.8 Å². The van der Waals surface area contributed by atoms with Crippen molar-refractivity contribution in [2.45, 2.75) is 6.23 Å². The average Bonchev–Trinajstić information content (AvgIpc) is 2.47. The first kappa shape index (κ1) is 7.73. The number of aliphatic hydroxyl groups excluding tert-OH is 1. The molecule has 0 aliphatic carbocycles. The molecule has 3 heteroatoms. The van der Waals surface area contributed by atoms with E-state index in [0.717, 1.165) is 15.6 Å². The second-order valence-corrected chi connectivity index (χ2v) is 3.54. The summed E-state index contributed by atoms with van der Waals surface area (Å²) in [7, 11) is 0. The van der Waals surface area contributed by atoms with Crippen molar-refractivity contribution in [3.8, 4) is 0 Å². The van der Waals surface area contributed by atoms with Gasteiger partial charge in [-0.1, -0.05) is 18.2 Å². The van der Waals surface area contributed by atoms with Gasteiger partial charge in [-0.2, -0.15) is 0 Å². The Hall–Kier alpha value is -0.900. The lowest BCUT2D eigenvalue weighted by Gasteiger charge is -2.00. The van der Waals surface area contributed by atoms with Crippen molar-refractivity contribution >= 4 is 21.4 Å². The highest BCUT2D eigenvalue weighted by atomic mass is 32.1. The fourth-order valence-corrected chi connectivity index (χ4v) is 2.22. The molecular formula is C9H9NOS. The van der Waals surface area contributed by atoms with Gasteiger partial charge in [-0.15, -0.1) is 11.3 Å². The predicted molar refractivity (Wildman–Crippen MR) is 51.0 cm³/mol. The molecule has 0 radical (unpaired) electrons. The van der Waals surface area contributed by atoms with Crippen LogP contribution in [0.5, 0.6) is 0 Å². The van der Waals surface area contributed by atoms with Crippen molar-refractivity contribution in [3.63, 3.8) is 0 Å². The molecule has 1 aromatic heterocycles. The quantitative estimate of drug-likeness (QED) is 0.656. The van der Waals surface area contributed by atoms with Crippen molar-refractivity contribution in [2.75, 3.05) is 0 Å². The zero-order valence-corrected chi connectivity index (χ0v) is 7.21. The standard InChI is InChI=1S/C9H9NOS/c10-9(11)7-5-12-8-4-2-1-3-6(7)8/h1-5,9,11H,10H2. The molecule has 62 valence electrons. The highest BCUT2D eigenvalue weighted by Crippen LogP contribution is 2.27. The molecule has 1 unspecified atom stereocenters. The number of rotatable bonds is 1. The monoisotopic (exact) mass is 179 g/mol. The second kappa shape index (κ2) is 2.86. The van der Waals surface area contributed by atoms with Gasteiger partial charge in [-0.25, -0.2) is 0 Å². The molecule has 0 bridgehead atoms. The van der Waals surface area contributed by atoms with Gasteiger partial charge in [0, 0.05) is 10.3 Å². The summed E-state index contributed by atoms with van der Waals surface area (Å²) in [6.07, 6.45) is -0.860. The second-order valence-electron chi connectivity index (χ2n) is 2.63. The Labute approximate surface area is 74.3 Å². The molecule has 0 spiro atoms. The summed E-state index contributed by atoms with van der Waals surface area (Å²) >= 11 is 1.60. The van der Waals surface area contributed by atoms with Crippen LogP contribution < -0.4 is 5.73 Å². The highest BCUT2D eigenvalue weighted by molar-refractivity contribution is 7.17. The first-order valence-electron chi connectivity index (χ1n) is 3.69. The topological polar surface area (TPSA) is 46.2 Å². The summed E-state index contributed by atoms with van der Waals surface area (Å²) in [5.74, 6) is 0. The molecule has 2 rings (SSSR count). The van der Waals surface area contributed by atoms with Crippen LogP contribution in [0, 0.1) is 0 Å². The third kappa shape index (κ3) is 1.12. The van der Waals surface area contributed by atoms with Gasteiger partial charge in [0.15, 0.2) is 0 Å². The van der Waals surface area contributed by atoms with Gasteiger partial charge in [-0.05, 0) is 16.8 Å². The van der Waals surface area contributed by atoms with Gasteiger partial charge in [0.25, 0.3) is 0 Å². The Morgan fingerprint density at radius 1 is 1.33 bits per heavy atom. The molecule has 1 atom stereocenters. The lowest BCUT2D eigenvalue weighted by atomic mass is 10.1. The van der Waals surface area contributed by atoms with E-state index in [0.29, 0.717) is 0 Å². The zero-order valence-electron chi connectivity index (χ0n) is 6.40. The molecule has 0 amide bonds. The van der Waals surface area contributed by atoms with Crippen LogP contribution in [0.3, 0.4) is 0 Å². The van der Waals surface area contributed by atoms with E-state index in [9.17, 15) is 5.11 Å². The van der Waals surface area contributed by atoms with Crippen LogP contribution in [0.25, 0.3) is 10.1 Å². The molecule has 0 aliphatic rings. The zero-order chi connectivity index (χ0) is 8.55. The maximum atomic E-state index is 9.20. The lowest BCUT2D eigenvalue weighted by molar-refractivity contribution is 0.188. The number of benzene rings is 1. The van der Waals surface area contributed by atoms with Crippen molar-refractivity contribution in [1.29, 1.82) is 0 Å². The number of aliphatic hydroxyl groups is 1. The minimum Gasteiger partial charge on any atom is -0.374 e. The summed E-state index contributed by atoms with van der Waals surface area (Å²) < 4.78 is 1.16. The minimum absolute atomic E-state index is 0.815. The van der Waals surface area contributed by atoms with Gasteiger partial charge in [0.05, 0.1) is 0 Å². The Morgan fingerprint density at radius 2 is 2.08 bits per heavy atom. The summed E-state index contributed by atoms with van der Waals surface area (Å²) in [6, 6.07) is 7.91. The molecule has 0 aliphatic heterocycles. The number of fused-ring (bicyclic) bond motifs is 1. The largest absolute Gasteiger partial charge is 0.374 e. The smallest absolute Gasteiger partial charge is 0.130 e. The van der Waals surface area contributed by atoms with E-state index in [1.54, 1.807) is 11.3 Å². The number of hydrogen-bond acceptors (Lipinski definition) is 3. The van der Waals surface area contributed by atoms with Gasteiger partial charge in [0.1, 0.15) is 6.23 Å². The van der Waals surface area contributed by atoms with Crippen LogP contribution in [0.2, 0.25) is 0 Å². The SMILES string of the molecule is NC(O)c1csc2ccccc12. The predicted octanol–water partition coefficient (Wildman–Crippen LogP) is 1.85. The first-order valence-corrected chi connectivity index (χ1v) is 4.57. The molecule has 0 saturated carbocycles. The van der Waals surface area contributed by atoms with E-state index in [1.165, 1.54) is 0 Å². The van der Waals surface area contributed by atoms with E-state index in [4.69, 9.17) is 5.73 Å². The van der Waals surface area contributed by atoms with Crippen LogP contribution in [0.1, 0.15) is 11.8 Å². The molecule has 3 N–H and O–H groups in total. The Bertz CT molecular complexity index is 394. The average molecular weight is 179 g/mol. The van der Waals surface area contributed by atoms with Gasteiger partial charge in [0.2, 0.25) is 0 Å². The van der Waals surface area contributed by atoms with E-state index < -0.39 is 6.23 Å². The Kier molecular flexibility index (Phi) is 1.84. The fourth-order valence-electron chi connectivity index (χ4n) is 1.23. The molecule has 2 nitrogen and oxygen atoms in total.